The van der Waals surface area contributed by atoms with E-state index < -0.39 is 0 Å². The second kappa shape index (κ2) is 7.55. The normalized spacial score (nSPS) is 13.9. The molecule has 0 radical (unpaired) electrons. The highest BCUT2D eigenvalue weighted by molar-refractivity contribution is 5.45. The van der Waals surface area contributed by atoms with Gasteiger partial charge in [0.25, 0.3) is 0 Å². The Hall–Kier alpha value is -2.67. The van der Waals surface area contributed by atoms with Crippen molar-refractivity contribution < 1.29 is 14.2 Å². The number of fused-ring (bicyclic) bond motifs is 1. The molecular formula is C19H19NO3. The maximum atomic E-state index is 9.44. The number of hydrogen-bond donors (Lipinski definition) is 0. The van der Waals surface area contributed by atoms with E-state index in [4.69, 9.17) is 14.2 Å². The SMILES string of the molecule is N#CC(CCCOc1ccccc1)c1ccc2c(c1)OCCO2. The van der Waals surface area contributed by atoms with Crippen molar-refractivity contribution in [3.05, 3.63) is 54.1 Å². The van der Waals surface area contributed by atoms with Gasteiger partial charge >= 0.3 is 0 Å². The maximum absolute atomic E-state index is 9.44. The molecule has 1 aliphatic rings. The van der Waals surface area contributed by atoms with Crippen LogP contribution in [0.15, 0.2) is 48.5 Å². The molecule has 3 rings (SSSR count). The fourth-order valence-electron chi connectivity index (χ4n) is 2.58. The summed E-state index contributed by atoms with van der Waals surface area (Å²) in [5.41, 5.74) is 0.969. The van der Waals surface area contributed by atoms with E-state index in [-0.39, 0.29) is 5.92 Å². The summed E-state index contributed by atoms with van der Waals surface area (Å²) < 4.78 is 16.8. The highest BCUT2D eigenvalue weighted by Gasteiger charge is 2.16. The molecule has 1 aliphatic heterocycles. The molecule has 0 saturated carbocycles. The summed E-state index contributed by atoms with van der Waals surface area (Å²) in [6, 6.07) is 17.8. The smallest absolute Gasteiger partial charge is 0.161 e. The Morgan fingerprint density at radius 2 is 1.83 bits per heavy atom. The quantitative estimate of drug-likeness (QED) is 0.759. The van der Waals surface area contributed by atoms with Gasteiger partial charge in [-0.1, -0.05) is 24.3 Å². The van der Waals surface area contributed by atoms with Crippen molar-refractivity contribution in [2.45, 2.75) is 18.8 Å². The molecular weight excluding hydrogens is 290 g/mol. The summed E-state index contributed by atoms with van der Waals surface area (Å²) in [4.78, 5) is 0. The second-order valence-electron chi connectivity index (χ2n) is 5.39. The molecule has 4 heteroatoms. The Kier molecular flexibility index (Phi) is 5.00. The van der Waals surface area contributed by atoms with Crippen molar-refractivity contribution >= 4 is 0 Å². The standard InChI is InChI=1S/C19H19NO3/c20-14-16(5-4-10-21-17-6-2-1-3-7-17)15-8-9-18-19(13-15)23-12-11-22-18/h1-3,6-9,13,16H,4-5,10-12H2. The molecule has 1 heterocycles. The monoisotopic (exact) mass is 309 g/mol. The number of para-hydroxylation sites is 1. The van der Waals surface area contributed by atoms with Crippen molar-refractivity contribution in [2.24, 2.45) is 0 Å². The topological polar surface area (TPSA) is 51.5 Å². The minimum atomic E-state index is -0.162. The lowest BCUT2D eigenvalue weighted by Gasteiger charge is -2.20. The Morgan fingerprint density at radius 1 is 1.04 bits per heavy atom. The molecule has 0 N–H and O–H groups in total. The first-order valence-electron chi connectivity index (χ1n) is 7.84. The molecule has 23 heavy (non-hydrogen) atoms. The van der Waals surface area contributed by atoms with Crippen LogP contribution in [0.1, 0.15) is 24.3 Å². The summed E-state index contributed by atoms with van der Waals surface area (Å²) in [7, 11) is 0. The van der Waals surface area contributed by atoms with E-state index >= 15 is 0 Å². The van der Waals surface area contributed by atoms with Crippen molar-refractivity contribution in [1.82, 2.24) is 0 Å². The van der Waals surface area contributed by atoms with Crippen molar-refractivity contribution in [1.29, 1.82) is 5.26 Å². The van der Waals surface area contributed by atoms with Gasteiger partial charge in [0.05, 0.1) is 18.6 Å². The third-order valence-electron chi connectivity index (χ3n) is 3.77. The van der Waals surface area contributed by atoms with E-state index in [2.05, 4.69) is 6.07 Å². The van der Waals surface area contributed by atoms with Crippen LogP contribution < -0.4 is 14.2 Å². The van der Waals surface area contributed by atoms with Gasteiger partial charge in [-0.25, -0.2) is 0 Å². The Morgan fingerprint density at radius 3 is 2.61 bits per heavy atom. The predicted octanol–water partition coefficient (Wildman–Crippen LogP) is 3.92. The fourth-order valence-corrected chi connectivity index (χ4v) is 2.58. The van der Waals surface area contributed by atoms with E-state index in [1.54, 1.807) is 0 Å². The van der Waals surface area contributed by atoms with Crippen LogP contribution in [0.2, 0.25) is 0 Å². The number of rotatable bonds is 6. The third-order valence-corrected chi connectivity index (χ3v) is 3.77. The van der Waals surface area contributed by atoms with E-state index in [1.165, 1.54) is 0 Å². The largest absolute Gasteiger partial charge is 0.494 e. The van der Waals surface area contributed by atoms with Gasteiger partial charge in [0.15, 0.2) is 11.5 Å². The summed E-state index contributed by atoms with van der Waals surface area (Å²) in [6.07, 6.45) is 1.57. The van der Waals surface area contributed by atoms with Gasteiger partial charge in [-0.05, 0) is 42.7 Å². The number of hydrogen-bond acceptors (Lipinski definition) is 4. The summed E-state index contributed by atoms with van der Waals surface area (Å²) in [6.45, 7) is 1.73. The molecule has 1 unspecified atom stereocenters. The molecule has 0 amide bonds. The first-order valence-corrected chi connectivity index (χ1v) is 7.84. The molecule has 0 aromatic heterocycles. The lowest BCUT2D eigenvalue weighted by molar-refractivity contribution is 0.171. The highest BCUT2D eigenvalue weighted by Crippen LogP contribution is 2.34. The van der Waals surface area contributed by atoms with Crippen molar-refractivity contribution in [3.8, 4) is 23.3 Å². The van der Waals surface area contributed by atoms with E-state index in [9.17, 15) is 5.26 Å². The van der Waals surface area contributed by atoms with Crippen molar-refractivity contribution in [3.63, 3.8) is 0 Å². The Balaban J connectivity index is 1.54. The van der Waals surface area contributed by atoms with Gasteiger partial charge in [-0.15, -0.1) is 0 Å². The van der Waals surface area contributed by atoms with Gasteiger partial charge in [-0.3, -0.25) is 0 Å². The van der Waals surface area contributed by atoms with E-state index in [1.807, 2.05) is 48.5 Å². The molecule has 0 fully saturated rings. The minimum Gasteiger partial charge on any atom is -0.494 e. The lowest BCUT2D eigenvalue weighted by atomic mass is 9.95. The molecule has 0 aliphatic carbocycles. The zero-order valence-electron chi connectivity index (χ0n) is 12.9. The predicted molar refractivity (Wildman–Crippen MR) is 87.0 cm³/mol. The van der Waals surface area contributed by atoms with E-state index in [0.717, 1.165) is 35.7 Å². The van der Waals surface area contributed by atoms with Crippen LogP contribution in [0.4, 0.5) is 0 Å². The van der Waals surface area contributed by atoms with Crippen LogP contribution >= 0.6 is 0 Å². The van der Waals surface area contributed by atoms with E-state index in [0.29, 0.717) is 19.8 Å². The number of nitrogens with zero attached hydrogens (tertiary/aromatic N) is 1. The first-order chi connectivity index (χ1) is 11.4. The molecule has 0 saturated heterocycles. The summed E-state index contributed by atoms with van der Waals surface area (Å²) >= 11 is 0. The van der Waals surface area contributed by atoms with Gasteiger partial charge in [0, 0.05) is 0 Å². The third kappa shape index (κ3) is 3.95. The van der Waals surface area contributed by atoms with Crippen LogP contribution in [0.5, 0.6) is 17.2 Å². The zero-order valence-corrected chi connectivity index (χ0v) is 12.9. The molecule has 118 valence electrons. The number of benzene rings is 2. The summed E-state index contributed by atoms with van der Waals surface area (Å²) in [5.74, 6) is 2.18. The molecule has 0 bridgehead atoms. The van der Waals surface area contributed by atoms with Crippen LogP contribution in [0.3, 0.4) is 0 Å². The number of nitriles is 1. The highest BCUT2D eigenvalue weighted by atomic mass is 16.6. The average molecular weight is 309 g/mol. The number of ether oxygens (including phenoxy) is 3. The molecule has 2 aromatic rings. The van der Waals surface area contributed by atoms with Crippen molar-refractivity contribution in [2.75, 3.05) is 19.8 Å². The fraction of sp³-hybridized carbons (Fsp3) is 0.316. The van der Waals surface area contributed by atoms with Gasteiger partial charge < -0.3 is 14.2 Å². The van der Waals surface area contributed by atoms with Crippen LogP contribution in [-0.2, 0) is 0 Å². The van der Waals surface area contributed by atoms with Gasteiger partial charge in [0.2, 0.25) is 0 Å². The molecule has 1 atom stereocenters. The van der Waals surface area contributed by atoms with Crippen LogP contribution in [-0.4, -0.2) is 19.8 Å². The van der Waals surface area contributed by atoms with Gasteiger partial charge in [0.1, 0.15) is 19.0 Å². The summed E-state index contributed by atoms with van der Waals surface area (Å²) in [5, 5.41) is 9.44. The van der Waals surface area contributed by atoms with Crippen LogP contribution in [0.25, 0.3) is 0 Å². The second-order valence-corrected chi connectivity index (χ2v) is 5.39. The first kappa shape index (κ1) is 15.2. The zero-order chi connectivity index (χ0) is 15.9. The Labute approximate surface area is 136 Å². The average Bonchev–Trinajstić information content (AvgIpc) is 2.62. The van der Waals surface area contributed by atoms with Gasteiger partial charge in [-0.2, -0.15) is 5.26 Å². The Bertz CT molecular complexity index is 679. The lowest BCUT2D eigenvalue weighted by Crippen LogP contribution is -2.15. The molecule has 2 aromatic carbocycles. The minimum absolute atomic E-state index is 0.162. The molecule has 0 spiro atoms. The van der Waals surface area contributed by atoms with Crippen LogP contribution in [0, 0.1) is 11.3 Å². The molecule has 4 nitrogen and oxygen atoms in total. The maximum Gasteiger partial charge on any atom is 0.161 e.